The molecular weight excluding hydrogens is 269 g/mol. The summed E-state index contributed by atoms with van der Waals surface area (Å²) in [5, 5.41) is 13.1. The topological polar surface area (TPSA) is 45.1 Å². The van der Waals surface area contributed by atoms with Gasteiger partial charge in [-0.15, -0.1) is 0 Å². The highest BCUT2D eigenvalue weighted by molar-refractivity contribution is 5.37. The molecule has 20 heavy (non-hydrogen) atoms. The first kappa shape index (κ1) is 16.5. The van der Waals surface area contributed by atoms with E-state index in [0.717, 1.165) is 5.92 Å². The summed E-state index contributed by atoms with van der Waals surface area (Å²) in [6.07, 6.45) is -4.21. The Labute approximate surface area is 116 Å². The number of alkyl halides is 3. The van der Waals surface area contributed by atoms with Crippen LogP contribution in [0, 0.1) is 11.8 Å². The molecule has 0 spiro atoms. The van der Waals surface area contributed by atoms with Crippen LogP contribution in [0.4, 0.5) is 13.2 Å². The number of β-amino-alcohol motifs (C(OH)–C–C–N with tert-alkyl or cyclic N) is 1. The number of aliphatic hydroxyl groups is 1. The molecule has 0 fully saturated rings. The Balaban J connectivity index is 2.92. The smallest absolute Gasteiger partial charge is 0.387 e. The van der Waals surface area contributed by atoms with Crippen molar-refractivity contribution in [2.24, 2.45) is 0 Å². The van der Waals surface area contributed by atoms with Crippen molar-refractivity contribution in [2.45, 2.75) is 38.6 Å². The van der Waals surface area contributed by atoms with E-state index in [9.17, 15) is 18.3 Å². The van der Waals surface area contributed by atoms with Gasteiger partial charge in [0.15, 0.2) is 0 Å². The van der Waals surface area contributed by atoms with Crippen LogP contribution in [-0.2, 0) is 0 Å². The van der Waals surface area contributed by atoms with Crippen molar-refractivity contribution in [3.63, 3.8) is 0 Å². The molecule has 110 valence electrons. The zero-order valence-corrected chi connectivity index (χ0v) is 11.5. The largest absolute Gasteiger partial charge is 0.458 e. The molecule has 0 saturated carbocycles. The van der Waals surface area contributed by atoms with Gasteiger partial charge in [-0.25, -0.2) is 4.98 Å². The molecule has 2 N–H and O–H groups in total. The van der Waals surface area contributed by atoms with Crippen molar-refractivity contribution in [2.75, 3.05) is 6.54 Å². The van der Waals surface area contributed by atoms with E-state index in [0.29, 0.717) is 0 Å². The Bertz CT molecular complexity index is 510. The molecule has 1 aromatic rings. The van der Waals surface area contributed by atoms with Crippen LogP contribution in [0.5, 0.6) is 0 Å². The van der Waals surface area contributed by atoms with Gasteiger partial charge in [-0.1, -0.05) is 6.07 Å². The number of nitrogens with zero attached hydrogens (tertiary/aromatic N) is 1. The van der Waals surface area contributed by atoms with E-state index >= 15 is 0 Å². The maximum absolute atomic E-state index is 12.1. The van der Waals surface area contributed by atoms with Gasteiger partial charge in [0.2, 0.25) is 0 Å². The van der Waals surface area contributed by atoms with Crippen molar-refractivity contribution < 1.29 is 18.3 Å². The fraction of sp³-hybridized carbons (Fsp3) is 0.500. The summed E-state index contributed by atoms with van der Waals surface area (Å²) in [5.41, 5.74) is 0.00936. The van der Waals surface area contributed by atoms with Crippen LogP contribution in [-0.4, -0.2) is 28.4 Å². The third-order valence-electron chi connectivity index (χ3n) is 2.35. The molecule has 1 rings (SSSR count). The van der Waals surface area contributed by atoms with Gasteiger partial charge in [0.1, 0.15) is 5.69 Å². The van der Waals surface area contributed by atoms with Crippen LogP contribution >= 0.6 is 0 Å². The minimum atomic E-state index is -4.58. The molecule has 0 aliphatic carbocycles. The number of hydrogen-bond acceptors (Lipinski definition) is 3. The van der Waals surface area contributed by atoms with E-state index in [1.165, 1.54) is 12.3 Å². The predicted molar refractivity (Wildman–Crippen MR) is 69.9 cm³/mol. The zero-order valence-electron chi connectivity index (χ0n) is 11.5. The van der Waals surface area contributed by atoms with Gasteiger partial charge in [-0.3, -0.25) is 0 Å². The highest BCUT2D eigenvalue weighted by Gasteiger charge is 2.23. The summed E-state index contributed by atoms with van der Waals surface area (Å²) < 4.78 is 36.3. The molecule has 0 unspecified atom stereocenters. The number of aromatic nitrogens is 1. The Morgan fingerprint density at radius 3 is 2.55 bits per heavy atom. The van der Waals surface area contributed by atoms with Crippen LogP contribution < -0.4 is 5.32 Å². The van der Waals surface area contributed by atoms with Crippen LogP contribution in [0.1, 0.15) is 38.1 Å². The fourth-order valence-electron chi connectivity index (χ4n) is 1.43. The highest BCUT2D eigenvalue weighted by atomic mass is 19.4. The van der Waals surface area contributed by atoms with Crippen molar-refractivity contribution in [1.29, 1.82) is 0 Å². The lowest BCUT2D eigenvalue weighted by Gasteiger charge is -2.23. The summed E-state index contributed by atoms with van der Waals surface area (Å²) in [5.74, 6) is 3.12. The molecule has 6 heteroatoms. The number of rotatable bonds is 3. The zero-order chi connectivity index (χ0) is 15.4. The average molecular weight is 286 g/mol. The van der Waals surface area contributed by atoms with E-state index in [2.05, 4.69) is 10.3 Å². The van der Waals surface area contributed by atoms with E-state index < -0.39 is 12.3 Å². The number of aliphatic hydroxyl groups excluding tert-OH is 1. The number of hydrogen-bond donors (Lipinski definition) is 2. The number of halogens is 3. The second-order valence-corrected chi connectivity index (χ2v) is 5.34. The summed E-state index contributed by atoms with van der Waals surface area (Å²) in [6.45, 7) is 5.98. The second kappa shape index (κ2) is 6.25. The predicted octanol–water partition coefficient (Wildman–Crippen LogP) is 2.42. The SMILES string of the molecule is CC(C)(C)NC[C@H](O)c1cccnc1C#CC(F)(F)F. The Hall–Kier alpha value is -1.58. The van der Waals surface area contributed by atoms with E-state index in [1.54, 1.807) is 6.07 Å². The van der Waals surface area contributed by atoms with Gasteiger partial charge in [-0.05, 0) is 32.8 Å². The molecule has 0 saturated heterocycles. The minimum absolute atomic E-state index is 0.0620. The first-order chi connectivity index (χ1) is 9.08. The van der Waals surface area contributed by atoms with Crippen LogP contribution in [0.3, 0.4) is 0 Å². The van der Waals surface area contributed by atoms with E-state index in [4.69, 9.17) is 0 Å². The fourth-order valence-corrected chi connectivity index (χ4v) is 1.43. The molecule has 0 aliphatic heterocycles. The van der Waals surface area contributed by atoms with Gasteiger partial charge < -0.3 is 10.4 Å². The molecule has 3 nitrogen and oxygen atoms in total. The highest BCUT2D eigenvalue weighted by Crippen LogP contribution is 2.17. The molecule has 1 atom stereocenters. The van der Waals surface area contributed by atoms with Crippen molar-refractivity contribution >= 4 is 0 Å². The van der Waals surface area contributed by atoms with Gasteiger partial charge in [-0.2, -0.15) is 13.2 Å². The first-order valence-corrected chi connectivity index (χ1v) is 6.06. The summed E-state index contributed by atoms with van der Waals surface area (Å²) in [4.78, 5) is 3.79. The minimum Gasteiger partial charge on any atom is -0.387 e. The molecule has 0 radical (unpaired) electrons. The van der Waals surface area contributed by atoms with Crippen LogP contribution in [0.15, 0.2) is 18.3 Å². The molecular formula is C14H17F3N2O. The van der Waals surface area contributed by atoms with Crippen molar-refractivity contribution in [3.05, 3.63) is 29.6 Å². The van der Waals surface area contributed by atoms with Crippen molar-refractivity contribution in [1.82, 2.24) is 10.3 Å². The maximum Gasteiger partial charge on any atom is 0.458 e. The lowest BCUT2D eigenvalue weighted by atomic mass is 10.0. The maximum atomic E-state index is 12.1. The normalized spacial score (nSPS) is 13.6. The Morgan fingerprint density at radius 2 is 2.00 bits per heavy atom. The van der Waals surface area contributed by atoms with Gasteiger partial charge in [0, 0.05) is 29.8 Å². The van der Waals surface area contributed by atoms with Gasteiger partial charge >= 0.3 is 6.18 Å². The van der Waals surface area contributed by atoms with E-state index in [-0.39, 0.29) is 23.3 Å². The molecule has 1 aromatic heterocycles. The quantitative estimate of drug-likeness (QED) is 0.839. The summed E-state index contributed by atoms with van der Waals surface area (Å²) >= 11 is 0. The molecule has 0 aliphatic rings. The molecule has 0 aromatic carbocycles. The number of nitrogens with one attached hydrogen (secondary N) is 1. The van der Waals surface area contributed by atoms with Gasteiger partial charge in [0.25, 0.3) is 0 Å². The third kappa shape index (κ3) is 6.04. The van der Waals surface area contributed by atoms with Crippen LogP contribution in [0.2, 0.25) is 0 Å². The monoisotopic (exact) mass is 286 g/mol. The molecule has 1 heterocycles. The third-order valence-corrected chi connectivity index (χ3v) is 2.35. The average Bonchev–Trinajstić information content (AvgIpc) is 2.32. The molecule has 0 bridgehead atoms. The van der Waals surface area contributed by atoms with Gasteiger partial charge in [0.05, 0.1) is 6.10 Å². The summed E-state index contributed by atoms with van der Waals surface area (Å²) in [6, 6.07) is 3.07. The number of pyridine rings is 1. The lowest BCUT2D eigenvalue weighted by molar-refractivity contribution is -0.0696. The summed E-state index contributed by atoms with van der Waals surface area (Å²) in [7, 11) is 0. The standard InChI is InChI=1S/C14H17F3N2O/c1-13(2,3)19-9-12(20)10-5-4-8-18-11(10)6-7-14(15,16)17/h4-5,8,12,19-20H,9H2,1-3H3/t12-/m0/s1. The first-order valence-electron chi connectivity index (χ1n) is 6.06. The second-order valence-electron chi connectivity index (χ2n) is 5.34. The Morgan fingerprint density at radius 1 is 1.35 bits per heavy atom. The van der Waals surface area contributed by atoms with E-state index in [1.807, 2.05) is 26.7 Å². The lowest BCUT2D eigenvalue weighted by Crippen LogP contribution is -2.38. The molecule has 0 amide bonds. The van der Waals surface area contributed by atoms with Crippen molar-refractivity contribution in [3.8, 4) is 11.8 Å². The Kier molecular flexibility index (Phi) is 5.15. The van der Waals surface area contributed by atoms with Crippen LogP contribution in [0.25, 0.3) is 0 Å².